The molecule has 0 saturated carbocycles. The number of hydrogen-bond donors (Lipinski definition) is 1. The van der Waals surface area contributed by atoms with E-state index in [1.807, 2.05) is 30.3 Å². The van der Waals surface area contributed by atoms with E-state index in [2.05, 4.69) is 58.5 Å². The molecule has 3 heteroatoms. The largest absolute Gasteiger partial charge is 0.302 e. The molecule has 1 N–H and O–H groups in total. The van der Waals surface area contributed by atoms with Crippen LogP contribution < -0.4 is 5.32 Å². The Bertz CT molecular complexity index is 589. The zero-order valence-electron chi connectivity index (χ0n) is 11.4. The average Bonchev–Trinajstić information content (AvgIpc) is 2.47. The Balaban J connectivity index is 2.14. The Morgan fingerprint density at radius 1 is 1.10 bits per heavy atom. The molecule has 2 aromatic carbocycles. The zero-order chi connectivity index (χ0) is 14.4. The lowest BCUT2D eigenvalue weighted by Crippen LogP contribution is -2.24. The Labute approximate surface area is 128 Å². The van der Waals surface area contributed by atoms with E-state index in [9.17, 15) is 0 Å². The van der Waals surface area contributed by atoms with Crippen molar-refractivity contribution < 1.29 is 0 Å². The Morgan fingerprint density at radius 3 is 2.45 bits per heavy atom. The van der Waals surface area contributed by atoms with E-state index < -0.39 is 0 Å². The molecular formula is C17H17BrN2. The summed E-state index contributed by atoms with van der Waals surface area (Å²) in [5.74, 6) is 0. The summed E-state index contributed by atoms with van der Waals surface area (Å²) in [4.78, 5) is 0. The van der Waals surface area contributed by atoms with Gasteiger partial charge in [-0.15, -0.1) is 0 Å². The first kappa shape index (κ1) is 14.8. The predicted molar refractivity (Wildman–Crippen MR) is 85.1 cm³/mol. The van der Waals surface area contributed by atoms with Gasteiger partial charge in [0.2, 0.25) is 0 Å². The molecule has 0 fully saturated rings. The molecule has 102 valence electrons. The minimum absolute atomic E-state index is 0.0511. The highest BCUT2D eigenvalue weighted by Crippen LogP contribution is 2.23. The van der Waals surface area contributed by atoms with Crippen LogP contribution in [0.3, 0.4) is 0 Å². The molecule has 0 bridgehead atoms. The molecule has 2 aromatic rings. The van der Waals surface area contributed by atoms with Crippen molar-refractivity contribution in [3.05, 3.63) is 70.2 Å². The van der Waals surface area contributed by atoms with Crippen LogP contribution in [0.15, 0.2) is 59.1 Å². The third kappa shape index (κ3) is 3.93. The number of rotatable bonds is 5. The molecule has 0 spiro atoms. The summed E-state index contributed by atoms with van der Waals surface area (Å²) in [5, 5.41) is 12.6. The van der Waals surface area contributed by atoms with Crippen molar-refractivity contribution in [2.45, 2.75) is 25.4 Å². The molecule has 0 aromatic heterocycles. The Morgan fingerprint density at radius 2 is 1.80 bits per heavy atom. The molecule has 2 unspecified atom stereocenters. The first-order valence-electron chi connectivity index (χ1n) is 6.64. The second-order valence-corrected chi connectivity index (χ2v) is 5.68. The number of nitrogens with zero attached hydrogens (tertiary/aromatic N) is 1. The standard InChI is InChI=1S/C17H17BrN2/c1-13(15-8-5-9-16(18)12-15)20-17(10-11-19)14-6-3-2-4-7-14/h2-9,12-13,17,20H,10H2,1H3. The van der Waals surface area contributed by atoms with Gasteiger partial charge in [0.25, 0.3) is 0 Å². The lowest BCUT2D eigenvalue weighted by molar-refractivity contribution is 0.472. The smallest absolute Gasteiger partial charge is 0.0641 e. The molecule has 2 atom stereocenters. The van der Waals surface area contributed by atoms with E-state index in [0.717, 1.165) is 10.0 Å². The van der Waals surface area contributed by atoms with E-state index in [-0.39, 0.29) is 12.1 Å². The fourth-order valence-corrected chi connectivity index (χ4v) is 2.64. The maximum atomic E-state index is 9.03. The molecule has 0 saturated heterocycles. The second-order valence-electron chi connectivity index (χ2n) is 4.77. The molecule has 0 heterocycles. The lowest BCUT2D eigenvalue weighted by atomic mass is 10.0. The molecular weight excluding hydrogens is 312 g/mol. The maximum absolute atomic E-state index is 9.03. The van der Waals surface area contributed by atoms with Crippen LogP contribution in [0.5, 0.6) is 0 Å². The van der Waals surface area contributed by atoms with Crippen LogP contribution in [-0.2, 0) is 0 Å². The van der Waals surface area contributed by atoms with Gasteiger partial charge in [-0.3, -0.25) is 0 Å². The van der Waals surface area contributed by atoms with E-state index in [0.29, 0.717) is 6.42 Å². The summed E-state index contributed by atoms with van der Waals surface area (Å²) in [6, 6.07) is 20.9. The van der Waals surface area contributed by atoms with Crippen molar-refractivity contribution in [1.29, 1.82) is 5.26 Å². The Hall–Kier alpha value is -1.63. The summed E-state index contributed by atoms with van der Waals surface area (Å²) in [7, 11) is 0. The molecule has 0 aliphatic carbocycles. The van der Waals surface area contributed by atoms with Crippen molar-refractivity contribution in [1.82, 2.24) is 5.32 Å². The average molecular weight is 329 g/mol. The summed E-state index contributed by atoms with van der Waals surface area (Å²) < 4.78 is 1.07. The van der Waals surface area contributed by atoms with Gasteiger partial charge < -0.3 is 5.32 Å². The number of benzene rings is 2. The van der Waals surface area contributed by atoms with Gasteiger partial charge in [0.15, 0.2) is 0 Å². The van der Waals surface area contributed by atoms with Crippen LogP contribution in [0.25, 0.3) is 0 Å². The van der Waals surface area contributed by atoms with Gasteiger partial charge in [0.1, 0.15) is 0 Å². The SMILES string of the molecule is CC(NC(CC#N)c1ccccc1)c1cccc(Br)c1. The zero-order valence-corrected chi connectivity index (χ0v) is 13.0. The van der Waals surface area contributed by atoms with Gasteiger partial charge in [-0.1, -0.05) is 58.4 Å². The molecule has 0 aliphatic rings. The fraction of sp³-hybridized carbons (Fsp3) is 0.235. The number of halogens is 1. The molecule has 20 heavy (non-hydrogen) atoms. The van der Waals surface area contributed by atoms with Crippen LogP contribution in [0.1, 0.15) is 36.6 Å². The minimum atomic E-state index is 0.0511. The molecule has 2 nitrogen and oxygen atoms in total. The first-order valence-corrected chi connectivity index (χ1v) is 7.43. The number of nitriles is 1. The van der Waals surface area contributed by atoms with Gasteiger partial charge in [0.05, 0.1) is 12.5 Å². The van der Waals surface area contributed by atoms with Crippen molar-refractivity contribution in [3.8, 4) is 6.07 Å². The third-order valence-corrected chi connectivity index (χ3v) is 3.79. The van der Waals surface area contributed by atoms with E-state index in [4.69, 9.17) is 5.26 Å². The van der Waals surface area contributed by atoms with Crippen LogP contribution in [0.2, 0.25) is 0 Å². The van der Waals surface area contributed by atoms with Crippen molar-refractivity contribution in [2.75, 3.05) is 0 Å². The first-order chi connectivity index (χ1) is 9.70. The lowest BCUT2D eigenvalue weighted by Gasteiger charge is -2.22. The highest BCUT2D eigenvalue weighted by molar-refractivity contribution is 9.10. The number of hydrogen-bond acceptors (Lipinski definition) is 2. The van der Waals surface area contributed by atoms with E-state index in [1.165, 1.54) is 5.56 Å². The summed E-state index contributed by atoms with van der Waals surface area (Å²) in [6.07, 6.45) is 0.461. The van der Waals surface area contributed by atoms with Crippen molar-refractivity contribution in [2.24, 2.45) is 0 Å². The Kier molecular flexibility index (Phi) is 5.34. The van der Waals surface area contributed by atoms with Crippen LogP contribution in [0, 0.1) is 11.3 Å². The molecule has 2 rings (SSSR count). The molecule has 0 radical (unpaired) electrons. The van der Waals surface area contributed by atoms with E-state index >= 15 is 0 Å². The van der Waals surface area contributed by atoms with Crippen molar-refractivity contribution in [3.63, 3.8) is 0 Å². The molecule has 0 amide bonds. The summed E-state index contributed by atoms with van der Waals surface area (Å²) >= 11 is 3.49. The van der Waals surface area contributed by atoms with Gasteiger partial charge in [0, 0.05) is 16.6 Å². The van der Waals surface area contributed by atoms with Crippen LogP contribution >= 0.6 is 15.9 Å². The monoisotopic (exact) mass is 328 g/mol. The maximum Gasteiger partial charge on any atom is 0.0641 e. The topological polar surface area (TPSA) is 35.8 Å². The number of nitrogens with one attached hydrogen (secondary N) is 1. The summed E-state index contributed by atoms with van der Waals surface area (Å²) in [6.45, 7) is 2.12. The highest BCUT2D eigenvalue weighted by atomic mass is 79.9. The quantitative estimate of drug-likeness (QED) is 0.859. The van der Waals surface area contributed by atoms with Crippen LogP contribution in [0.4, 0.5) is 0 Å². The third-order valence-electron chi connectivity index (χ3n) is 3.30. The van der Waals surface area contributed by atoms with Gasteiger partial charge in [-0.05, 0) is 30.2 Å². The van der Waals surface area contributed by atoms with Gasteiger partial charge in [-0.25, -0.2) is 0 Å². The molecule has 0 aliphatic heterocycles. The van der Waals surface area contributed by atoms with Crippen molar-refractivity contribution >= 4 is 15.9 Å². The minimum Gasteiger partial charge on any atom is -0.302 e. The normalized spacial score (nSPS) is 13.4. The van der Waals surface area contributed by atoms with Gasteiger partial charge >= 0.3 is 0 Å². The fourth-order valence-electron chi connectivity index (χ4n) is 2.22. The summed E-state index contributed by atoms with van der Waals surface area (Å²) in [5.41, 5.74) is 2.36. The van der Waals surface area contributed by atoms with Gasteiger partial charge in [-0.2, -0.15) is 5.26 Å². The van der Waals surface area contributed by atoms with Crippen LogP contribution in [-0.4, -0.2) is 0 Å². The second kappa shape index (κ2) is 7.23. The predicted octanol–water partition coefficient (Wildman–Crippen LogP) is 4.75. The van der Waals surface area contributed by atoms with E-state index in [1.54, 1.807) is 0 Å². The highest BCUT2D eigenvalue weighted by Gasteiger charge is 2.15.